The zero-order chi connectivity index (χ0) is 17.1. The van der Waals surface area contributed by atoms with Crippen LogP contribution in [0.5, 0.6) is 0 Å². The molecule has 0 radical (unpaired) electrons. The molecular formula is C17H23ClFN5. The Balaban J connectivity index is 1.60. The minimum absolute atomic E-state index is 0.189. The number of likely N-dealkylation sites (N-methyl/N-ethyl adjacent to an activating group) is 1. The molecule has 2 atom stereocenters. The Labute approximate surface area is 147 Å². The minimum atomic E-state index is -0.767. The Kier molecular flexibility index (Phi) is 5.48. The molecule has 1 fully saturated rings. The van der Waals surface area contributed by atoms with Crippen LogP contribution in [-0.2, 0) is 20.1 Å². The Morgan fingerprint density at radius 1 is 1.42 bits per heavy atom. The molecule has 1 saturated heterocycles. The number of rotatable bonds is 6. The van der Waals surface area contributed by atoms with Crippen molar-refractivity contribution in [3.8, 4) is 0 Å². The lowest BCUT2D eigenvalue weighted by molar-refractivity contribution is 0.176. The SMILES string of the molecule is CN(Cc1cncc(Cl)c1)C[C@@H]1C[C@H](F)CN1Cc1nccn1C. The lowest BCUT2D eigenvalue weighted by Gasteiger charge is -2.28. The molecule has 3 heterocycles. The van der Waals surface area contributed by atoms with E-state index in [1.807, 2.05) is 37.1 Å². The molecule has 3 rings (SSSR count). The average Bonchev–Trinajstić information content (AvgIpc) is 3.06. The van der Waals surface area contributed by atoms with E-state index >= 15 is 0 Å². The third-order valence-corrected chi connectivity index (χ3v) is 4.69. The molecule has 1 aliphatic heterocycles. The van der Waals surface area contributed by atoms with Crippen molar-refractivity contribution in [3.63, 3.8) is 0 Å². The number of likely N-dealkylation sites (tertiary alicyclic amines) is 1. The molecule has 0 aromatic carbocycles. The molecule has 0 aliphatic carbocycles. The van der Waals surface area contributed by atoms with Crippen LogP contribution < -0.4 is 0 Å². The quantitative estimate of drug-likeness (QED) is 0.801. The maximum absolute atomic E-state index is 14.0. The van der Waals surface area contributed by atoms with E-state index in [9.17, 15) is 4.39 Å². The summed E-state index contributed by atoms with van der Waals surface area (Å²) in [4.78, 5) is 12.9. The summed E-state index contributed by atoms with van der Waals surface area (Å²) in [5, 5.41) is 0.641. The second-order valence-corrected chi connectivity index (χ2v) is 7.02. The Morgan fingerprint density at radius 2 is 2.25 bits per heavy atom. The summed E-state index contributed by atoms with van der Waals surface area (Å²) in [5.74, 6) is 0.968. The normalized spacial score (nSPS) is 21.7. The van der Waals surface area contributed by atoms with Gasteiger partial charge in [-0.2, -0.15) is 0 Å². The van der Waals surface area contributed by atoms with Crippen LogP contribution in [0.15, 0.2) is 30.9 Å². The highest BCUT2D eigenvalue weighted by molar-refractivity contribution is 6.30. The number of pyridine rings is 1. The van der Waals surface area contributed by atoms with Crippen molar-refractivity contribution in [2.45, 2.75) is 31.7 Å². The highest BCUT2D eigenvalue weighted by Gasteiger charge is 2.33. The standard InChI is InChI=1S/C17H23ClFN5/c1-22(9-13-5-14(18)8-20-7-13)11-16-6-15(19)10-24(16)12-17-21-3-4-23(17)2/h3-5,7-8,15-16H,6,9-12H2,1-2H3/t15-,16-/m0/s1. The van der Waals surface area contributed by atoms with Gasteiger partial charge in [-0.1, -0.05) is 11.6 Å². The maximum atomic E-state index is 14.0. The fourth-order valence-corrected chi connectivity index (χ4v) is 3.51. The summed E-state index contributed by atoms with van der Waals surface area (Å²) in [5.41, 5.74) is 1.07. The third-order valence-electron chi connectivity index (χ3n) is 4.48. The fraction of sp³-hybridized carbons (Fsp3) is 0.529. The van der Waals surface area contributed by atoms with Crippen molar-refractivity contribution < 1.29 is 4.39 Å². The summed E-state index contributed by atoms with van der Waals surface area (Å²) < 4.78 is 16.0. The monoisotopic (exact) mass is 351 g/mol. The molecule has 0 spiro atoms. The van der Waals surface area contributed by atoms with Gasteiger partial charge in [0.15, 0.2) is 0 Å². The topological polar surface area (TPSA) is 37.2 Å². The molecule has 7 heteroatoms. The van der Waals surface area contributed by atoms with Gasteiger partial charge in [0.05, 0.1) is 11.6 Å². The van der Waals surface area contributed by atoms with Crippen molar-refractivity contribution in [2.24, 2.45) is 7.05 Å². The molecule has 0 bridgehead atoms. The molecular weight excluding hydrogens is 329 g/mol. The van der Waals surface area contributed by atoms with Crippen LogP contribution in [0.4, 0.5) is 4.39 Å². The van der Waals surface area contributed by atoms with E-state index in [-0.39, 0.29) is 6.04 Å². The smallest absolute Gasteiger partial charge is 0.122 e. The predicted octanol–water partition coefficient (Wildman–Crippen LogP) is 2.51. The van der Waals surface area contributed by atoms with E-state index in [1.165, 1.54) is 0 Å². The van der Waals surface area contributed by atoms with Gasteiger partial charge in [-0.3, -0.25) is 9.88 Å². The minimum Gasteiger partial charge on any atom is -0.337 e. The number of aryl methyl sites for hydroxylation is 1. The zero-order valence-electron chi connectivity index (χ0n) is 14.1. The molecule has 130 valence electrons. The Bertz CT molecular complexity index is 677. The number of hydrogen-bond donors (Lipinski definition) is 0. The molecule has 0 unspecified atom stereocenters. The first-order valence-corrected chi connectivity index (χ1v) is 8.51. The predicted molar refractivity (Wildman–Crippen MR) is 92.5 cm³/mol. The summed E-state index contributed by atoms with van der Waals surface area (Å²) >= 11 is 5.99. The summed E-state index contributed by atoms with van der Waals surface area (Å²) in [6.07, 6.45) is 6.96. The largest absolute Gasteiger partial charge is 0.337 e. The molecule has 2 aromatic heterocycles. The zero-order valence-corrected chi connectivity index (χ0v) is 14.8. The van der Waals surface area contributed by atoms with Crippen LogP contribution in [0, 0.1) is 0 Å². The van der Waals surface area contributed by atoms with Crippen LogP contribution in [0.1, 0.15) is 17.8 Å². The number of nitrogens with zero attached hydrogens (tertiary/aromatic N) is 5. The van der Waals surface area contributed by atoms with E-state index in [2.05, 4.69) is 19.8 Å². The number of alkyl halides is 1. The van der Waals surface area contributed by atoms with Crippen LogP contribution in [0.3, 0.4) is 0 Å². The van der Waals surface area contributed by atoms with Crippen LogP contribution >= 0.6 is 11.6 Å². The van der Waals surface area contributed by atoms with Gasteiger partial charge in [0.25, 0.3) is 0 Å². The highest BCUT2D eigenvalue weighted by Crippen LogP contribution is 2.23. The lowest BCUT2D eigenvalue weighted by Crippen LogP contribution is -2.38. The molecule has 2 aromatic rings. The van der Waals surface area contributed by atoms with Crippen molar-refractivity contribution in [1.29, 1.82) is 0 Å². The van der Waals surface area contributed by atoms with Crippen molar-refractivity contribution in [3.05, 3.63) is 47.3 Å². The van der Waals surface area contributed by atoms with Gasteiger partial charge in [-0.25, -0.2) is 9.37 Å². The fourth-order valence-electron chi connectivity index (χ4n) is 3.31. The first-order valence-electron chi connectivity index (χ1n) is 8.13. The van der Waals surface area contributed by atoms with Crippen molar-refractivity contribution in [1.82, 2.24) is 24.3 Å². The van der Waals surface area contributed by atoms with Crippen molar-refractivity contribution >= 4 is 11.6 Å². The molecule has 0 amide bonds. The summed E-state index contributed by atoms with van der Waals surface area (Å²) in [7, 11) is 4.02. The number of imidazole rings is 1. The molecule has 5 nitrogen and oxygen atoms in total. The average molecular weight is 352 g/mol. The van der Waals surface area contributed by atoms with Crippen LogP contribution in [-0.4, -0.2) is 56.7 Å². The van der Waals surface area contributed by atoms with Gasteiger partial charge in [-0.15, -0.1) is 0 Å². The van der Waals surface area contributed by atoms with Gasteiger partial charge >= 0.3 is 0 Å². The second kappa shape index (κ2) is 7.59. The summed E-state index contributed by atoms with van der Waals surface area (Å²) in [6.45, 7) is 2.71. The highest BCUT2D eigenvalue weighted by atomic mass is 35.5. The van der Waals surface area contributed by atoms with Crippen molar-refractivity contribution in [2.75, 3.05) is 20.1 Å². The molecule has 1 aliphatic rings. The molecule has 0 saturated carbocycles. The van der Waals surface area contributed by atoms with E-state index in [0.717, 1.165) is 24.5 Å². The molecule has 24 heavy (non-hydrogen) atoms. The van der Waals surface area contributed by atoms with Crippen LogP contribution in [0.25, 0.3) is 0 Å². The molecule has 0 N–H and O–H groups in total. The van der Waals surface area contributed by atoms with Gasteiger partial charge in [-0.05, 0) is 25.1 Å². The van der Waals surface area contributed by atoms with E-state index in [1.54, 1.807) is 12.4 Å². The lowest BCUT2D eigenvalue weighted by atomic mass is 10.2. The van der Waals surface area contributed by atoms with Crippen LogP contribution in [0.2, 0.25) is 5.02 Å². The second-order valence-electron chi connectivity index (χ2n) is 6.58. The summed E-state index contributed by atoms with van der Waals surface area (Å²) in [6, 6.07) is 2.11. The van der Waals surface area contributed by atoms with E-state index in [4.69, 9.17) is 11.6 Å². The Morgan fingerprint density at radius 3 is 2.96 bits per heavy atom. The first-order chi connectivity index (χ1) is 11.5. The van der Waals surface area contributed by atoms with E-state index in [0.29, 0.717) is 24.5 Å². The maximum Gasteiger partial charge on any atom is 0.122 e. The third kappa shape index (κ3) is 4.32. The van der Waals surface area contributed by atoms with E-state index < -0.39 is 6.17 Å². The number of aromatic nitrogens is 3. The van der Waals surface area contributed by atoms with Gasteiger partial charge in [0.2, 0.25) is 0 Å². The van der Waals surface area contributed by atoms with Gasteiger partial charge < -0.3 is 9.47 Å². The first kappa shape index (κ1) is 17.3. The number of halogens is 2. The number of hydrogen-bond acceptors (Lipinski definition) is 4. The Hall–Kier alpha value is -1.50. The van der Waals surface area contributed by atoms with Gasteiger partial charge in [0, 0.05) is 57.5 Å². The van der Waals surface area contributed by atoms with Gasteiger partial charge in [0.1, 0.15) is 12.0 Å².